The molecule has 2 amide bonds. The van der Waals surface area contributed by atoms with Gasteiger partial charge in [-0.3, -0.25) is 0 Å². The summed E-state index contributed by atoms with van der Waals surface area (Å²) < 4.78 is -1.49. The first-order valence-corrected chi connectivity index (χ1v) is 8.89. The summed E-state index contributed by atoms with van der Waals surface area (Å²) in [5, 5.41) is 2.00. The fourth-order valence-electron chi connectivity index (χ4n) is 3.72. The highest BCUT2D eigenvalue weighted by atomic mass is 35.6. The van der Waals surface area contributed by atoms with Crippen LogP contribution in [0.2, 0.25) is 0 Å². The quantitative estimate of drug-likeness (QED) is 0.281. The van der Waals surface area contributed by atoms with Crippen LogP contribution in [0.1, 0.15) is 0 Å². The standard InChI is InChI=1S/C15H10Cl3N3OS/c16-15(17,18)23-21-11-6-2-1-5-10(11)19(21)9-20(14(21)22)12-7-3-4-8-13(12)20/h1-8H,9H2/q+2. The topological polar surface area (TPSA) is 20.3 Å². The van der Waals surface area contributed by atoms with Gasteiger partial charge >= 0.3 is 6.03 Å². The Morgan fingerprint density at radius 2 is 1.52 bits per heavy atom. The molecule has 5 rings (SSSR count). The van der Waals surface area contributed by atoms with Crippen LogP contribution in [0.25, 0.3) is 0 Å². The van der Waals surface area contributed by atoms with Gasteiger partial charge in [-0.2, -0.15) is 4.79 Å². The Hall–Kier alpha value is -0.950. The van der Waals surface area contributed by atoms with E-state index in [2.05, 4.69) is 0 Å². The number of para-hydroxylation sites is 4. The normalized spacial score (nSPS) is 25.7. The molecule has 3 aliphatic heterocycles. The van der Waals surface area contributed by atoms with E-state index in [0.717, 1.165) is 34.7 Å². The molecule has 2 aromatic rings. The van der Waals surface area contributed by atoms with Gasteiger partial charge in [0.25, 0.3) is 3.12 Å². The maximum atomic E-state index is 13.5. The lowest BCUT2D eigenvalue weighted by molar-refractivity contribution is 0.225. The summed E-state index contributed by atoms with van der Waals surface area (Å²) in [6, 6.07) is 15.6. The molecule has 3 aliphatic rings. The molecule has 2 aromatic carbocycles. The number of hydrogen-bond acceptors (Lipinski definition) is 3. The molecule has 0 N–H and O–H groups in total. The van der Waals surface area contributed by atoms with Gasteiger partial charge in [0, 0.05) is 18.2 Å². The van der Waals surface area contributed by atoms with Crippen molar-refractivity contribution in [3.05, 3.63) is 48.5 Å². The second-order valence-corrected chi connectivity index (χ2v) is 10.0. The molecule has 0 bridgehead atoms. The highest BCUT2D eigenvalue weighted by Crippen LogP contribution is 2.69. The smallest absolute Gasteiger partial charge is 0.166 e. The minimum atomic E-state index is -1.60. The van der Waals surface area contributed by atoms with Gasteiger partial charge < -0.3 is 0 Å². The Morgan fingerprint density at radius 1 is 0.957 bits per heavy atom. The summed E-state index contributed by atoms with van der Waals surface area (Å²) in [6.07, 6.45) is 0. The van der Waals surface area contributed by atoms with E-state index in [1.54, 1.807) is 0 Å². The monoisotopic (exact) mass is 385 g/mol. The third-order valence-electron chi connectivity index (χ3n) is 4.65. The van der Waals surface area contributed by atoms with E-state index in [4.69, 9.17) is 34.8 Å². The van der Waals surface area contributed by atoms with Crippen LogP contribution in [0.5, 0.6) is 0 Å². The number of anilines is 1. The molecule has 0 saturated carbocycles. The molecule has 116 valence electrons. The molecular formula is C15H10Cl3N3OS+2. The third-order valence-corrected chi connectivity index (χ3v) is 6.29. The molecule has 1 spiro atoms. The number of fused-ring (bicyclic) bond motifs is 7. The van der Waals surface area contributed by atoms with Crippen LogP contribution in [0.3, 0.4) is 0 Å². The van der Waals surface area contributed by atoms with Gasteiger partial charge in [-0.25, -0.2) is 0 Å². The number of quaternary nitrogens is 2. The van der Waals surface area contributed by atoms with Crippen LogP contribution in [0, 0.1) is 0 Å². The lowest BCUT2D eigenvalue weighted by Crippen LogP contribution is -2.63. The fraction of sp³-hybridized carbons (Fsp3) is 0.133. The van der Waals surface area contributed by atoms with Gasteiger partial charge in [-0.1, -0.05) is 59.1 Å². The highest BCUT2D eigenvalue weighted by Gasteiger charge is 2.83. The number of nitrogens with zero attached hydrogens (tertiary/aromatic N) is 3. The minimum Gasteiger partial charge on any atom is -0.166 e. The van der Waals surface area contributed by atoms with E-state index in [-0.39, 0.29) is 14.5 Å². The number of rotatable bonds is 1. The van der Waals surface area contributed by atoms with Crippen molar-refractivity contribution in [2.75, 3.05) is 11.7 Å². The molecule has 3 heterocycles. The van der Waals surface area contributed by atoms with Crippen LogP contribution in [-0.2, 0) is 0 Å². The summed E-state index contributed by atoms with van der Waals surface area (Å²) >= 11 is 19.2. The molecule has 0 aromatic heterocycles. The van der Waals surface area contributed by atoms with Gasteiger partial charge in [0.05, 0.1) is 0 Å². The fourth-order valence-corrected chi connectivity index (χ4v) is 5.63. The molecule has 1 fully saturated rings. The van der Waals surface area contributed by atoms with Crippen molar-refractivity contribution in [3.63, 3.8) is 0 Å². The van der Waals surface area contributed by atoms with E-state index < -0.39 is 3.12 Å². The lowest BCUT2D eigenvalue weighted by atomic mass is 10.2. The summed E-state index contributed by atoms with van der Waals surface area (Å²) in [5.74, 6) is 0. The van der Waals surface area contributed by atoms with Gasteiger partial charge in [-0.15, -0.1) is 9.49 Å². The van der Waals surface area contributed by atoms with Crippen LogP contribution in [0.15, 0.2) is 48.5 Å². The molecule has 8 heteroatoms. The Labute approximate surface area is 152 Å². The first kappa shape index (κ1) is 14.4. The number of carbonyl (C=O) groups excluding carboxylic acids is 1. The Bertz CT molecular complexity index is 861. The van der Waals surface area contributed by atoms with Crippen molar-refractivity contribution < 1.29 is 4.79 Å². The number of amides is 2. The summed E-state index contributed by atoms with van der Waals surface area (Å²) in [6.45, 7) is 0.531. The maximum Gasteiger partial charge on any atom is 0.569 e. The predicted octanol–water partition coefficient (Wildman–Crippen LogP) is 5.45. The second kappa shape index (κ2) is 4.17. The summed E-state index contributed by atoms with van der Waals surface area (Å²) in [5.41, 5.74) is 3.93. The average molecular weight is 387 g/mol. The van der Waals surface area contributed by atoms with Gasteiger partial charge in [-0.05, 0) is 10.1 Å². The van der Waals surface area contributed by atoms with Crippen molar-refractivity contribution in [2.45, 2.75) is 3.12 Å². The minimum absolute atomic E-state index is 0.0128. The maximum absolute atomic E-state index is 13.5. The molecule has 0 aliphatic carbocycles. The van der Waals surface area contributed by atoms with E-state index in [1.807, 2.05) is 53.5 Å². The van der Waals surface area contributed by atoms with Gasteiger partial charge in [0.2, 0.25) is 23.7 Å². The second-order valence-electron chi connectivity index (χ2n) is 5.72. The number of halogens is 3. The lowest BCUT2D eigenvalue weighted by Gasteiger charge is -2.41. The van der Waals surface area contributed by atoms with Crippen LogP contribution >= 0.6 is 46.8 Å². The molecule has 23 heavy (non-hydrogen) atoms. The van der Waals surface area contributed by atoms with Gasteiger partial charge in [0.15, 0.2) is 17.6 Å². The summed E-state index contributed by atoms with van der Waals surface area (Å²) in [7, 11) is 0. The zero-order chi connectivity index (χ0) is 16.0. The molecule has 1 saturated heterocycles. The molecule has 4 nitrogen and oxygen atoms in total. The number of hydrogen-bond donors (Lipinski definition) is 0. The van der Waals surface area contributed by atoms with Crippen molar-refractivity contribution >= 4 is 75.5 Å². The van der Waals surface area contributed by atoms with Crippen LogP contribution in [-0.4, -0.2) is 15.8 Å². The average Bonchev–Trinajstić information content (AvgIpc) is 3.12. The van der Waals surface area contributed by atoms with Crippen LogP contribution in [0.4, 0.5) is 27.5 Å². The van der Waals surface area contributed by atoms with Crippen molar-refractivity contribution in [2.24, 2.45) is 0 Å². The van der Waals surface area contributed by atoms with Gasteiger partial charge in [0.1, 0.15) is 0 Å². The van der Waals surface area contributed by atoms with Crippen molar-refractivity contribution in [3.8, 4) is 0 Å². The predicted molar refractivity (Wildman–Crippen MR) is 96.8 cm³/mol. The third kappa shape index (κ3) is 1.56. The largest absolute Gasteiger partial charge is 0.569 e. The zero-order valence-corrected chi connectivity index (χ0v) is 14.7. The Kier molecular flexibility index (Phi) is 2.61. The highest BCUT2D eigenvalue weighted by molar-refractivity contribution is 8.05. The first-order valence-electron chi connectivity index (χ1n) is 6.99. The summed E-state index contributed by atoms with van der Waals surface area (Å²) in [4.78, 5) is 13.5. The number of urea groups is 1. The number of carbonyl (C=O) groups is 1. The molecule has 1 unspecified atom stereocenters. The van der Waals surface area contributed by atoms with Crippen LogP contribution < -0.4 is 13.5 Å². The van der Waals surface area contributed by atoms with E-state index in [0.29, 0.717) is 6.67 Å². The number of benzene rings is 2. The molecular weight excluding hydrogens is 377 g/mol. The Balaban J connectivity index is 1.69. The first-order chi connectivity index (χ1) is 10.9. The van der Waals surface area contributed by atoms with E-state index in [9.17, 15) is 4.79 Å². The molecule has 1 atom stereocenters. The van der Waals surface area contributed by atoms with E-state index >= 15 is 0 Å². The van der Waals surface area contributed by atoms with E-state index in [1.165, 1.54) is 0 Å². The SMILES string of the molecule is O=C1[N+]2(CN3c4ccccc4[N+]13SC(Cl)(Cl)Cl)c1ccccc12. The van der Waals surface area contributed by atoms with Crippen molar-refractivity contribution in [1.82, 2.24) is 8.48 Å². The Morgan fingerprint density at radius 3 is 2.13 bits per heavy atom. The van der Waals surface area contributed by atoms with Crippen molar-refractivity contribution in [1.29, 1.82) is 0 Å². The zero-order valence-electron chi connectivity index (χ0n) is 11.6. The molecule has 0 radical (unpaired) electrons. The number of alkyl halides is 3.